The monoisotopic (exact) mass is 214 g/mol. The van der Waals surface area contributed by atoms with Gasteiger partial charge in [0.1, 0.15) is 0 Å². The molecule has 1 aliphatic rings. The fourth-order valence-corrected chi connectivity index (χ4v) is 2.09. The van der Waals surface area contributed by atoms with E-state index in [1.807, 2.05) is 24.3 Å². The lowest BCUT2D eigenvalue weighted by Gasteiger charge is -2.35. The molecule has 0 aromatic heterocycles. The fourth-order valence-electron chi connectivity index (χ4n) is 2.09. The molecule has 0 atom stereocenters. The smallest absolute Gasteiger partial charge is 0.221 e. The molecule has 1 aromatic carbocycles. The van der Waals surface area contributed by atoms with Gasteiger partial charge in [0.2, 0.25) is 5.91 Å². The van der Waals surface area contributed by atoms with E-state index in [1.54, 1.807) is 0 Å². The van der Waals surface area contributed by atoms with E-state index in [4.69, 9.17) is 0 Å². The molecule has 3 heteroatoms. The van der Waals surface area contributed by atoms with Gasteiger partial charge in [-0.1, -0.05) is 12.1 Å². The van der Waals surface area contributed by atoms with Crippen LogP contribution in [0.2, 0.25) is 0 Å². The average molecular weight is 214 g/mol. The number of nitriles is 1. The molecule has 1 aromatic rings. The molecule has 0 aliphatic heterocycles. The quantitative estimate of drug-likeness (QED) is 0.822. The van der Waals surface area contributed by atoms with E-state index in [1.165, 1.54) is 6.92 Å². The molecule has 1 fully saturated rings. The van der Waals surface area contributed by atoms with Crippen LogP contribution in [-0.4, -0.2) is 5.91 Å². The van der Waals surface area contributed by atoms with Crippen LogP contribution in [0.3, 0.4) is 0 Å². The Hall–Kier alpha value is -1.82. The van der Waals surface area contributed by atoms with Crippen LogP contribution in [0.1, 0.15) is 31.7 Å². The molecule has 82 valence electrons. The molecule has 3 nitrogen and oxygen atoms in total. The summed E-state index contributed by atoms with van der Waals surface area (Å²) in [5.41, 5.74) is 1.48. The van der Waals surface area contributed by atoms with Crippen molar-refractivity contribution in [3.8, 4) is 6.07 Å². The van der Waals surface area contributed by atoms with Gasteiger partial charge in [0.15, 0.2) is 0 Å². The van der Waals surface area contributed by atoms with Crippen molar-refractivity contribution >= 4 is 11.6 Å². The van der Waals surface area contributed by atoms with Gasteiger partial charge in [-0.25, -0.2) is 0 Å². The standard InChI is InChI=1S/C13H14N2O/c1-10(16)15-12-5-2-4-11(8-12)13(9-14)6-3-7-13/h2,4-5,8H,3,6-7H2,1H3,(H,15,16). The SMILES string of the molecule is CC(=O)Nc1cccc(C2(C#N)CCC2)c1. The summed E-state index contributed by atoms with van der Waals surface area (Å²) in [6.07, 6.45) is 2.96. The van der Waals surface area contributed by atoms with Crippen LogP contribution in [0.15, 0.2) is 24.3 Å². The first-order valence-corrected chi connectivity index (χ1v) is 5.46. The summed E-state index contributed by atoms with van der Waals surface area (Å²) >= 11 is 0. The lowest BCUT2D eigenvalue weighted by molar-refractivity contribution is -0.114. The van der Waals surface area contributed by atoms with E-state index < -0.39 is 0 Å². The van der Waals surface area contributed by atoms with Gasteiger partial charge in [-0.05, 0) is 37.0 Å². The van der Waals surface area contributed by atoms with Crippen molar-refractivity contribution in [1.29, 1.82) is 5.26 Å². The van der Waals surface area contributed by atoms with Gasteiger partial charge in [-0.3, -0.25) is 4.79 Å². The molecular formula is C13H14N2O. The molecule has 0 unspecified atom stereocenters. The topological polar surface area (TPSA) is 52.9 Å². The first kappa shape index (κ1) is 10.7. The Balaban J connectivity index is 2.29. The van der Waals surface area contributed by atoms with Crippen LogP contribution < -0.4 is 5.32 Å². The Bertz CT molecular complexity index is 455. The van der Waals surface area contributed by atoms with Crippen molar-refractivity contribution < 1.29 is 4.79 Å². The van der Waals surface area contributed by atoms with E-state index in [-0.39, 0.29) is 11.3 Å². The molecular weight excluding hydrogens is 200 g/mol. The Labute approximate surface area is 95.1 Å². The van der Waals surface area contributed by atoms with Gasteiger partial charge in [0, 0.05) is 12.6 Å². The Morgan fingerprint density at radius 2 is 2.25 bits per heavy atom. The largest absolute Gasteiger partial charge is 0.326 e. The average Bonchev–Trinajstić information content (AvgIpc) is 2.16. The third kappa shape index (κ3) is 1.79. The van der Waals surface area contributed by atoms with E-state index >= 15 is 0 Å². The second-order valence-electron chi connectivity index (χ2n) is 4.31. The number of nitrogens with zero attached hydrogens (tertiary/aromatic N) is 1. The van der Waals surface area contributed by atoms with Crippen LogP contribution in [0.5, 0.6) is 0 Å². The van der Waals surface area contributed by atoms with Crippen molar-refractivity contribution in [2.24, 2.45) is 0 Å². The highest BCUT2D eigenvalue weighted by atomic mass is 16.1. The molecule has 1 N–H and O–H groups in total. The normalized spacial score (nSPS) is 17.0. The van der Waals surface area contributed by atoms with Gasteiger partial charge in [0.25, 0.3) is 0 Å². The maximum absolute atomic E-state index is 11.0. The zero-order valence-electron chi connectivity index (χ0n) is 9.29. The minimum absolute atomic E-state index is 0.0863. The second-order valence-corrected chi connectivity index (χ2v) is 4.31. The van der Waals surface area contributed by atoms with Crippen molar-refractivity contribution in [2.75, 3.05) is 5.32 Å². The molecule has 0 radical (unpaired) electrons. The van der Waals surface area contributed by atoms with Gasteiger partial charge in [-0.2, -0.15) is 5.26 Å². The minimum atomic E-state index is -0.311. The summed E-state index contributed by atoms with van der Waals surface area (Å²) < 4.78 is 0. The van der Waals surface area contributed by atoms with Gasteiger partial charge < -0.3 is 5.32 Å². The third-order valence-electron chi connectivity index (χ3n) is 3.16. The highest BCUT2D eigenvalue weighted by Gasteiger charge is 2.38. The highest BCUT2D eigenvalue weighted by Crippen LogP contribution is 2.43. The third-order valence-corrected chi connectivity index (χ3v) is 3.16. The van der Waals surface area contributed by atoms with Crippen LogP contribution >= 0.6 is 0 Å². The number of amides is 1. The van der Waals surface area contributed by atoms with E-state index in [0.717, 1.165) is 30.5 Å². The lowest BCUT2D eigenvalue weighted by Crippen LogP contribution is -2.32. The predicted molar refractivity (Wildman–Crippen MR) is 61.9 cm³/mol. The number of rotatable bonds is 2. The molecule has 0 spiro atoms. The summed E-state index contributed by atoms with van der Waals surface area (Å²) in [7, 11) is 0. The first-order chi connectivity index (χ1) is 7.66. The second kappa shape index (κ2) is 3.97. The van der Waals surface area contributed by atoms with Crippen molar-refractivity contribution in [3.05, 3.63) is 29.8 Å². The van der Waals surface area contributed by atoms with Crippen LogP contribution in [0.25, 0.3) is 0 Å². The van der Waals surface area contributed by atoms with Gasteiger partial charge >= 0.3 is 0 Å². The zero-order chi connectivity index (χ0) is 11.6. The van der Waals surface area contributed by atoms with Crippen LogP contribution in [-0.2, 0) is 10.2 Å². The maximum atomic E-state index is 11.0. The Morgan fingerprint density at radius 3 is 2.75 bits per heavy atom. The van der Waals surface area contributed by atoms with Crippen molar-refractivity contribution in [1.82, 2.24) is 0 Å². The number of hydrogen-bond acceptors (Lipinski definition) is 2. The number of carbonyl (C=O) groups excluding carboxylic acids is 1. The number of benzene rings is 1. The maximum Gasteiger partial charge on any atom is 0.221 e. The summed E-state index contributed by atoms with van der Waals surface area (Å²) in [5.74, 6) is -0.0863. The van der Waals surface area contributed by atoms with Gasteiger partial charge in [0.05, 0.1) is 11.5 Å². The van der Waals surface area contributed by atoms with Gasteiger partial charge in [-0.15, -0.1) is 0 Å². The highest BCUT2D eigenvalue weighted by molar-refractivity contribution is 5.88. The first-order valence-electron chi connectivity index (χ1n) is 5.46. The summed E-state index contributed by atoms with van der Waals surface area (Å²) in [4.78, 5) is 11.0. The van der Waals surface area contributed by atoms with Crippen molar-refractivity contribution in [3.63, 3.8) is 0 Å². The molecule has 16 heavy (non-hydrogen) atoms. The molecule has 0 saturated heterocycles. The predicted octanol–water partition coefficient (Wildman–Crippen LogP) is 2.59. The van der Waals surface area contributed by atoms with Crippen LogP contribution in [0, 0.1) is 11.3 Å². The summed E-state index contributed by atoms with van der Waals surface area (Å²) in [6, 6.07) is 10.0. The lowest BCUT2D eigenvalue weighted by atomic mass is 9.65. The zero-order valence-corrected chi connectivity index (χ0v) is 9.29. The van der Waals surface area contributed by atoms with Crippen molar-refractivity contribution in [2.45, 2.75) is 31.6 Å². The molecule has 1 aliphatic carbocycles. The van der Waals surface area contributed by atoms with Crippen LogP contribution in [0.4, 0.5) is 5.69 Å². The summed E-state index contributed by atoms with van der Waals surface area (Å²) in [5, 5.41) is 12.0. The minimum Gasteiger partial charge on any atom is -0.326 e. The summed E-state index contributed by atoms with van der Waals surface area (Å²) in [6.45, 7) is 1.48. The molecule has 0 bridgehead atoms. The Morgan fingerprint density at radius 1 is 1.50 bits per heavy atom. The number of carbonyl (C=O) groups is 1. The molecule has 1 saturated carbocycles. The number of nitrogens with one attached hydrogen (secondary N) is 1. The fraction of sp³-hybridized carbons (Fsp3) is 0.385. The molecule has 0 heterocycles. The number of anilines is 1. The Kier molecular flexibility index (Phi) is 2.66. The van der Waals surface area contributed by atoms with E-state index in [2.05, 4.69) is 11.4 Å². The number of hydrogen-bond donors (Lipinski definition) is 1. The molecule has 1 amide bonds. The van der Waals surface area contributed by atoms with E-state index in [0.29, 0.717) is 0 Å². The molecule has 2 rings (SSSR count). The van der Waals surface area contributed by atoms with E-state index in [9.17, 15) is 10.1 Å².